The van der Waals surface area contributed by atoms with Crippen molar-refractivity contribution in [3.05, 3.63) is 29.3 Å². The van der Waals surface area contributed by atoms with Gasteiger partial charge < -0.3 is 15.8 Å². The van der Waals surface area contributed by atoms with E-state index in [0.29, 0.717) is 19.6 Å². The van der Waals surface area contributed by atoms with E-state index in [1.807, 2.05) is 0 Å². The van der Waals surface area contributed by atoms with Crippen molar-refractivity contribution in [1.29, 1.82) is 0 Å². The SMILES string of the molecule is COCCCNC(=O)c1cc(F)cc(N)c1F. The summed E-state index contributed by atoms with van der Waals surface area (Å²) < 4.78 is 31.2. The molecule has 0 aliphatic carbocycles. The van der Waals surface area contributed by atoms with Crippen LogP contribution in [0, 0.1) is 11.6 Å². The van der Waals surface area contributed by atoms with Gasteiger partial charge >= 0.3 is 0 Å². The third-order valence-electron chi connectivity index (χ3n) is 2.12. The molecule has 0 aliphatic heterocycles. The van der Waals surface area contributed by atoms with Gasteiger partial charge in [-0.3, -0.25) is 4.79 Å². The highest BCUT2D eigenvalue weighted by Gasteiger charge is 2.15. The van der Waals surface area contributed by atoms with Crippen LogP contribution in [0.3, 0.4) is 0 Å². The monoisotopic (exact) mass is 244 g/mol. The van der Waals surface area contributed by atoms with Crippen molar-refractivity contribution in [3.63, 3.8) is 0 Å². The highest BCUT2D eigenvalue weighted by molar-refractivity contribution is 5.95. The van der Waals surface area contributed by atoms with Gasteiger partial charge in [-0.25, -0.2) is 8.78 Å². The van der Waals surface area contributed by atoms with Gasteiger partial charge in [0.1, 0.15) is 5.82 Å². The van der Waals surface area contributed by atoms with E-state index in [0.717, 1.165) is 12.1 Å². The third-order valence-corrected chi connectivity index (χ3v) is 2.12. The second-order valence-electron chi connectivity index (χ2n) is 3.46. The summed E-state index contributed by atoms with van der Waals surface area (Å²) in [6.45, 7) is 0.802. The van der Waals surface area contributed by atoms with E-state index < -0.39 is 17.5 Å². The smallest absolute Gasteiger partial charge is 0.254 e. The average molecular weight is 244 g/mol. The zero-order chi connectivity index (χ0) is 12.8. The molecule has 0 unspecified atom stereocenters. The fourth-order valence-corrected chi connectivity index (χ4v) is 1.29. The molecular formula is C11H14F2N2O2. The first-order valence-corrected chi connectivity index (χ1v) is 5.08. The zero-order valence-electron chi connectivity index (χ0n) is 9.43. The van der Waals surface area contributed by atoms with Crippen LogP contribution in [0.4, 0.5) is 14.5 Å². The van der Waals surface area contributed by atoms with Crippen LogP contribution in [0.1, 0.15) is 16.8 Å². The van der Waals surface area contributed by atoms with Crippen molar-refractivity contribution in [2.75, 3.05) is 26.0 Å². The Morgan fingerprint density at radius 2 is 2.18 bits per heavy atom. The van der Waals surface area contributed by atoms with Gasteiger partial charge in [-0.05, 0) is 18.6 Å². The van der Waals surface area contributed by atoms with Crippen LogP contribution in [-0.2, 0) is 4.74 Å². The first kappa shape index (κ1) is 13.4. The number of halogens is 2. The summed E-state index contributed by atoms with van der Waals surface area (Å²) in [6.07, 6.45) is 0.592. The predicted octanol–water partition coefficient (Wildman–Crippen LogP) is 1.31. The standard InChI is InChI=1S/C11H14F2N2O2/c1-17-4-2-3-15-11(16)8-5-7(12)6-9(14)10(8)13/h5-6H,2-4,14H2,1H3,(H,15,16). The number of hydrogen-bond donors (Lipinski definition) is 2. The van der Waals surface area contributed by atoms with Gasteiger partial charge in [-0.1, -0.05) is 0 Å². The Bertz CT molecular complexity index is 411. The Morgan fingerprint density at radius 1 is 1.47 bits per heavy atom. The predicted molar refractivity (Wildman–Crippen MR) is 59.6 cm³/mol. The van der Waals surface area contributed by atoms with Gasteiger partial charge in [-0.2, -0.15) is 0 Å². The van der Waals surface area contributed by atoms with E-state index in [2.05, 4.69) is 5.32 Å². The van der Waals surface area contributed by atoms with Gasteiger partial charge in [-0.15, -0.1) is 0 Å². The van der Waals surface area contributed by atoms with Gasteiger partial charge in [0, 0.05) is 20.3 Å². The van der Waals surface area contributed by atoms with E-state index in [-0.39, 0.29) is 11.3 Å². The summed E-state index contributed by atoms with van der Waals surface area (Å²) in [5, 5.41) is 2.45. The maximum absolute atomic E-state index is 13.4. The Balaban J connectivity index is 2.69. The van der Waals surface area contributed by atoms with Crippen LogP contribution >= 0.6 is 0 Å². The summed E-state index contributed by atoms with van der Waals surface area (Å²) in [5.41, 5.74) is 4.45. The molecule has 1 rings (SSSR count). The molecule has 0 saturated heterocycles. The Kier molecular flexibility index (Phi) is 4.84. The maximum atomic E-state index is 13.4. The number of benzene rings is 1. The topological polar surface area (TPSA) is 64.3 Å². The normalized spacial score (nSPS) is 10.3. The number of rotatable bonds is 5. The van der Waals surface area contributed by atoms with Crippen LogP contribution < -0.4 is 11.1 Å². The van der Waals surface area contributed by atoms with E-state index in [4.69, 9.17) is 10.5 Å². The summed E-state index contributed by atoms with van der Waals surface area (Å²) in [5.74, 6) is -2.34. The zero-order valence-corrected chi connectivity index (χ0v) is 9.43. The lowest BCUT2D eigenvalue weighted by Crippen LogP contribution is -2.26. The molecule has 1 amide bonds. The molecule has 4 nitrogen and oxygen atoms in total. The van der Waals surface area contributed by atoms with Gasteiger partial charge in [0.05, 0.1) is 11.3 Å². The minimum atomic E-state index is -0.907. The average Bonchev–Trinajstić information content (AvgIpc) is 2.29. The number of methoxy groups -OCH3 is 1. The number of nitrogens with one attached hydrogen (secondary N) is 1. The number of carbonyl (C=O) groups excluding carboxylic acids is 1. The van der Waals surface area contributed by atoms with Crippen LogP contribution in [0.15, 0.2) is 12.1 Å². The highest BCUT2D eigenvalue weighted by atomic mass is 19.1. The molecular weight excluding hydrogens is 230 g/mol. The Morgan fingerprint density at radius 3 is 2.82 bits per heavy atom. The molecule has 6 heteroatoms. The molecule has 0 radical (unpaired) electrons. The van der Waals surface area contributed by atoms with Gasteiger partial charge in [0.2, 0.25) is 0 Å². The molecule has 0 aliphatic rings. The van der Waals surface area contributed by atoms with Crippen molar-refractivity contribution >= 4 is 11.6 Å². The fourth-order valence-electron chi connectivity index (χ4n) is 1.29. The summed E-state index contributed by atoms with van der Waals surface area (Å²) in [7, 11) is 1.54. The second-order valence-corrected chi connectivity index (χ2v) is 3.46. The molecule has 17 heavy (non-hydrogen) atoms. The number of hydrogen-bond acceptors (Lipinski definition) is 3. The first-order valence-electron chi connectivity index (χ1n) is 5.08. The number of nitrogen functional groups attached to an aromatic ring is 1. The van der Waals surface area contributed by atoms with E-state index in [1.54, 1.807) is 0 Å². The van der Waals surface area contributed by atoms with E-state index in [9.17, 15) is 13.6 Å². The molecule has 0 heterocycles. The Labute approximate surface area is 97.8 Å². The number of carbonyl (C=O) groups is 1. The first-order chi connectivity index (χ1) is 8.06. The Hall–Kier alpha value is -1.69. The van der Waals surface area contributed by atoms with Crippen LogP contribution in [-0.4, -0.2) is 26.2 Å². The van der Waals surface area contributed by atoms with E-state index >= 15 is 0 Å². The lowest BCUT2D eigenvalue weighted by Gasteiger charge is -2.07. The minimum Gasteiger partial charge on any atom is -0.396 e. The van der Waals surface area contributed by atoms with Crippen molar-refractivity contribution in [2.24, 2.45) is 0 Å². The molecule has 0 aromatic heterocycles. The maximum Gasteiger partial charge on any atom is 0.254 e. The highest BCUT2D eigenvalue weighted by Crippen LogP contribution is 2.17. The second kappa shape index (κ2) is 6.15. The summed E-state index contributed by atoms with van der Waals surface area (Å²) >= 11 is 0. The molecule has 1 aromatic carbocycles. The van der Waals surface area contributed by atoms with E-state index in [1.165, 1.54) is 7.11 Å². The van der Waals surface area contributed by atoms with Crippen molar-refractivity contribution in [2.45, 2.75) is 6.42 Å². The molecule has 3 N–H and O–H groups in total. The number of anilines is 1. The molecule has 0 atom stereocenters. The number of nitrogens with two attached hydrogens (primary N) is 1. The summed E-state index contributed by atoms with van der Waals surface area (Å²) in [4.78, 5) is 11.5. The molecule has 0 spiro atoms. The fraction of sp³-hybridized carbons (Fsp3) is 0.364. The van der Waals surface area contributed by atoms with Gasteiger partial charge in [0.15, 0.2) is 5.82 Å². The molecule has 0 bridgehead atoms. The third kappa shape index (κ3) is 3.67. The summed E-state index contributed by atoms with van der Waals surface area (Å²) in [6, 6.07) is 1.65. The van der Waals surface area contributed by atoms with Crippen LogP contribution in [0.2, 0.25) is 0 Å². The largest absolute Gasteiger partial charge is 0.396 e. The lowest BCUT2D eigenvalue weighted by molar-refractivity contribution is 0.0944. The molecule has 0 fully saturated rings. The van der Waals surface area contributed by atoms with Crippen molar-refractivity contribution in [3.8, 4) is 0 Å². The number of ether oxygens (including phenoxy) is 1. The quantitative estimate of drug-likeness (QED) is 0.606. The minimum absolute atomic E-state index is 0.322. The van der Waals surface area contributed by atoms with Crippen molar-refractivity contribution < 1.29 is 18.3 Å². The molecule has 0 saturated carbocycles. The van der Waals surface area contributed by atoms with Crippen LogP contribution in [0.25, 0.3) is 0 Å². The van der Waals surface area contributed by atoms with Gasteiger partial charge in [0.25, 0.3) is 5.91 Å². The molecule has 1 aromatic rings. The molecule has 94 valence electrons. The number of amides is 1. The van der Waals surface area contributed by atoms with Crippen molar-refractivity contribution in [1.82, 2.24) is 5.32 Å². The van der Waals surface area contributed by atoms with Crippen LogP contribution in [0.5, 0.6) is 0 Å². The lowest BCUT2D eigenvalue weighted by atomic mass is 10.1.